The van der Waals surface area contributed by atoms with Crippen molar-refractivity contribution in [3.63, 3.8) is 0 Å². The lowest BCUT2D eigenvalue weighted by Crippen LogP contribution is -2.30. The Labute approximate surface area is 193 Å². The van der Waals surface area contributed by atoms with Crippen molar-refractivity contribution in [1.82, 2.24) is 24.7 Å². The summed E-state index contributed by atoms with van der Waals surface area (Å²) < 4.78 is 43.2. The number of nitrogens with one attached hydrogen (secondary N) is 1. The lowest BCUT2D eigenvalue weighted by atomic mass is 10.2. The van der Waals surface area contributed by atoms with Crippen molar-refractivity contribution in [3.05, 3.63) is 29.6 Å². The van der Waals surface area contributed by atoms with Gasteiger partial charge in [0.2, 0.25) is 5.95 Å². The van der Waals surface area contributed by atoms with E-state index in [0.717, 1.165) is 12.0 Å². The van der Waals surface area contributed by atoms with Crippen LogP contribution in [0.2, 0.25) is 0 Å². The molecule has 0 aliphatic heterocycles. The molecule has 0 radical (unpaired) electrons. The third-order valence-electron chi connectivity index (χ3n) is 5.22. The molecular weight excluding hydrogens is 455 g/mol. The van der Waals surface area contributed by atoms with Crippen LogP contribution >= 0.6 is 0 Å². The lowest BCUT2D eigenvalue weighted by molar-refractivity contribution is -0.174. The summed E-state index contributed by atoms with van der Waals surface area (Å²) in [6, 6.07) is 3.65. The predicted octanol–water partition coefficient (Wildman–Crippen LogP) is 3.79. The van der Waals surface area contributed by atoms with Gasteiger partial charge in [0.1, 0.15) is 23.5 Å². The molecule has 0 bridgehead atoms. The van der Waals surface area contributed by atoms with Crippen molar-refractivity contribution in [2.24, 2.45) is 0 Å². The van der Waals surface area contributed by atoms with Crippen molar-refractivity contribution in [2.75, 3.05) is 30.5 Å². The number of ether oxygens (including phenoxy) is 1. The standard InChI is InChI=1S/C21H26F3N7O3/c1-5-13(3)30(4)20-27-15-16(19(32)33)29-31(8-9-34-11-21(22,23)24)17(15)18(28-20)26-14-10-12(2)6-7-25-14/h6-7,10,13H,5,8-9,11H2,1-4H3,(H,32,33)(H,25,26,27,28). The Morgan fingerprint density at radius 1 is 1.35 bits per heavy atom. The van der Waals surface area contributed by atoms with Gasteiger partial charge in [-0.15, -0.1) is 0 Å². The molecule has 3 heterocycles. The van der Waals surface area contributed by atoms with Gasteiger partial charge >= 0.3 is 12.1 Å². The maximum absolute atomic E-state index is 12.4. The van der Waals surface area contributed by atoms with Crippen LogP contribution in [-0.4, -0.2) is 68.3 Å². The number of aromatic nitrogens is 5. The normalized spacial score (nSPS) is 12.7. The molecule has 0 fully saturated rings. The average Bonchev–Trinajstić information content (AvgIpc) is 3.14. The number of carboxylic acid groups (broad SMARTS) is 1. The van der Waals surface area contributed by atoms with Gasteiger partial charge in [0, 0.05) is 19.3 Å². The summed E-state index contributed by atoms with van der Waals surface area (Å²) in [4.78, 5) is 27.0. The fourth-order valence-electron chi connectivity index (χ4n) is 3.16. The van der Waals surface area contributed by atoms with Gasteiger partial charge in [-0.3, -0.25) is 4.68 Å². The first-order valence-corrected chi connectivity index (χ1v) is 10.6. The fraction of sp³-hybridized carbons (Fsp3) is 0.476. The second-order valence-corrected chi connectivity index (χ2v) is 7.83. The third-order valence-corrected chi connectivity index (χ3v) is 5.22. The van der Waals surface area contributed by atoms with E-state index in [2.05, 4.69) is 30.1 Å². The summed E-state index contributed by atoms with van der Waals surface area (Å²) >= 11 is 0. The highest BCUT2D eigenvalue weighted by molar-refractivity contribution is 6.03. The number of pyridine rings is 1. The molecule has 34 heavy (non-hydrogen) atoms. The van der Waals surface area contributed by atoms with Crippen LogP contribution in [0.4, 0.5) is 30.8 Å². The van der Waals surface area contributed by atoms with Crippen LogP contribution in [0.1, 0.15) is 36.3 Å². The number of hydrogen-bond donors (Lipinski definition) is 2. The molecule has 13 heteroatoms. The molecule has 3 aromatic heterocycles. The van der Waals surface area contributed by atoms with E-state index >= 15 is 0 Å². The summed E-state index contributed by atoms with van der Waals surface area (Å²) in [5.74, 6) is -0.373. The number of alkyl halides is 3. The molecule has 3 rings (SSSR count). The van der Waals surface area contributed by atoms with Crippen molar-refractivity contribution in [2.45, 2.75) is 46.0 Å². The van der Waals surface area contributed by atoms with Gasteiger partial charge in [0.05, 0.1) is 13.2 Å². The largest absolute Gasteiger partial charge is 0.476 e. The van der Waals surface area contributed by atoms with Crippen LogP contribution in [0.25, 0.3) is 11.0 Å². The molecule has 2 N–H and O–H groups in total. The number of aryl methyl sites for hydroxylation is 1. The summed E-state index contributed by atoms with van der Waals surface area (Å²) in [6.45, 7) is 3.96. The average molecular weight is 481 g/mol. The Kier molecular flexibility index (Phi) is 7.54. The van der Waals surface area contributed by atoms with Gasteiger partial charge in [0.25, 0.3) is 0 Å². The van der Waals surface area contributed by atoms with E-state index in [1.165, 1.54) is 4.68 Å². The highest BCUT2D eigenvalue weighted by atomic mass is 19.4. The van der Waals surface area contributed by atoms with Gasteiger partial charge in [-0.05, 0) is 38.0 Å². The Morgan fingerprint density at radius 2 is 2.09 bits per heavy atom. The molecular formula is C21H26F3N7O3. The van der Waals surface area contributed by atoms with Crippen molar-refractivity contribution < 1.29 is 27.8 Å². The molecule has 0 saturated heterocycles. The maximum atomic E-state index is 12.4. The summed E-state index contributed by atoms with van der Waals surface area (Å²) in [6.07, 6.45) is -2.07. The first-order valence-electron chi connectivity index (χ1n) is 10.6. The van der Waals surface area contributed by atoms with Gasteiger partial charge < -0.3 is 20.1 Å². The van der Waals surface area contributed by atoms with Gasteiger partial charge in [-0.1, -0.05) is 6.92 Å². The van der Waals surface area contributed by atoms with E-state index in [-0.39, 0.29) is 47.7 Å². The minimum atomic E-state index is -4.47. The van der Waals surface area contributed by atoms with Crippen LogP contribution in [0.15, 0.2) is 18.3 Å². The van der Waals surface area contributed by atoms with Crippen LogP contribution < -0.4 is 10.2 Å². The highest BCUT2D eigenvalue weighted by Crippen LogP contribution is 2.29. The summed E-state index contributed by atoms with van der Waals surface area (Å²) in [7, 11) is 1.79. The van der Waals surface area contributed by atoms with E-state index in [1.807, 2.05) is 31.7 Å². The number of halogens is 3. The van der Waals surface area contributed by atoms with E-state index in [1.54, 1.807) is 19.3 Å². The molecule has 3 aromatic rings. The second kappa shape index (κ2) is 10.2. The van der Waals surface area contributed by atoms with E-state index < -0.39 is 18.8 Å². The van der Waals surface area contributed by atoms with E-state index in [9.17, 15) is 23.1 Å². The third kappa shape index (κ3) is 5.90. The first-order chi connectivity index (χ1) is 16.0. The SMILES string of the molecule is CCC(C)N(C)c1nc(Nc2cc(C)ccn2)c2c(n1)c(C(=O)O)nn2CCOCC(F)(F)F. The van der Waals surface area contributed by atoms with Gasteiger partial charge in [-0.2, -0.15) is 23.3 Å². The van der Waals surface area contributed by atoms with Gasteiger partial charge in [-0.25, -0.2) is 14.8 Å². The number of fused-ring (bicyclic) bond motifs is 1. The fourth-order valence-corrected chi connectivity index (χ4v) is 3.16. The summed E-state index contributed by atoms with van der Waals surface area (Å²) in [5.41, 5.74) is 0.864. The number of aromatic carboxylic acids is 1. The zero-order valence-electron chi connectivity index (χ0n) is 19.2. The highest BCUT2D eigenvalue weighted by Gasteiger charge is 2.28. The molecule has 0 saturated carbocycles. The van der Waals surface area contributed by atoms with Crippen LogP contribution in [-0.2, 0) is 11.3 Å². The van der Waals surface area contributed by atoms with Crippen molar-refractivity contribution in [1.29, 1.82) is 0 Å². The molecule has 0 aliphatic rings. The number of nitrogens with zero attached hydrogens (tertiary/aromatic N) is 6. The molecule has 0 spiro atoms. The molecule has 1 atom stereocenters. The molecule has 1 unspecified atom stereocenters. The first kappa shape index (κ1) is 25.1. The molecule has 0 aromatic carbocycles. The van der Waals surface area contributed by atoms with E-state index in [0.29, 0.717) is 5.82 Å². The summed E-state index contributed by atoms with van der Waals surface area (Å²) in [5, 5.41) is 16.9. The van der Waals surface area contributed by atoms with Crippen molar-refractivity contribution in [3.8, 4) is 0 Å². The Morgan fingerprint density at radius 3 is 2.71 bits per heavy atom. The molecule has 10 nitrogen and oxygen atoms in total. The second-order valence-electron chi connectivity index (χ2n) is 7.83. The number of hydrogen-bond acceptors (Lipinski definition) is 8. The number of carboxylic acids is 1. The lowest BCUT2D eigenvalue weighted by Gasteiger charge is -2.24. The number of carbonyl (C=O) groups is 1. The van der Waals surface area contributed by atoms with Crippen molar-refractivity contribution >= 4 is 34.6 Å². The molecule has 0 amide bonds. The van der Waals surface area contributed by atoms with Crippen LogP contribution in [0, 0.1) is 6.92 Å². The molecule has 184 valence electrons. The quantitative estimate of drug-likeness (QED) is 0.417. The Balaban J connectivity index is 2.11. The zero-order valence-corrected chi connectivity index (χ0v) is 19.2. The number of anilines is 3. The van der Waals surface area contributed by atoms with Crippen LogP contribution in [0.3, 0.4) is 0 Å². The molecule has 0 aliphatic carbocycles. The smallest absolute Gasteiger partial charge is 0.411 e. The van der Waals surface area contributed by atoms with E-state index in [4.69, 9.17) is 0 Å². The zero-order chi connectivity index (χ0) is 25.0. The Bertz CT molecular complexity index is 1170. The minimum absolute atomic E-state index is 0.0543. The number of rotatable bonds is 10. The Hall–Kier alpha value is -3.48. The maximum Gasteiger partial charge on any atom is 0.411 e. The van der Waals surface area contributed by atoms with Crippen LogP contribution in [0.5, 0.6) is 0 Å². The predicted molar refractivity (Wildman–Crippen MR) is 120 cm³/mol. The van der Waals surface area contributed by atoms with Gasteiger partial charge in [0.15, 0.2) is 11.5 Å². The monoisotopic (exact) mass is 481 g/mol. The minimum Gasteiger partial charge on any atom is -0.476 e. The topological polar surface area (TPSA) is 118 Å².